The Morgan fingerprint density at radius 1 is 1.50 bits per heavy atom. The van der Waals surface area contributed by atoms with E-state index in [9.17, 15) is 17.1 Å². The van der Waals surface area contributed by atoms with Gasteiger partial charge in [-0.15, -0.1) is 3.89 Å². The molecular weight excluding hydrogens is 285 g/mol. The number of carbonyl (C=O) groups excluding carboxylic acids is 1. The fourth-order valence-electron chi connectivity index (χ4n) is 1.86. The number of amides is 1. The van der Waals surface area contributed by atoms with Crippen LogP contribution in [0.1, 0.15) is 6.42 Å². The topological polar surface area (TPSA) is 80.2 Å². The molecule has 0 N–H and O–H groups in total. The van der Waals surface area contributed by atoms with E-state index in [4.69, 9.17) is 11.6 Å². The molecule has 1 saturated heterocycles. The third-order valence-corrected chi connectivity index (χ3v) is 3.56. The molecule has 1 amide bonds. The van der Waals surface area contributed by atoms with E-state index in [1.807, 2.05) is 0 Å². The van der Waals surface area contributed by atoms with Crippen molar-refractivity contribution >= 4 is 33.5 Å². The van der Waals surface area contributed by atoms with Gasteiger partial charge in [-0.3, -0.25) is 14.7 Å². The first-order valence-electron chi connectivity index (χ1n) is 5.05. The Morgan fingerprint density at radius 2 is 2.22 bits per heavy atom. The minimum absolute atomic E-state index is 0.0304. The van der Waals surface area contributed by atoms with Crippen LogP contribution in [0.25, 0.3) is 0 Å². The summed E-state index contributed by atoms with van der Waals surface area (Å²) in [6.07, 6.45) is 2.63. The lowest BCUT2D eigenvalue weighted by atomic mass is 10.1. The van der Waals surface area contributed by atoms with Crippen LogP contribution in [0.15, 0.2) is 12.4 Å². The van der Waals surface area contributed by atoms with Crippen molar-refractivity contribution in [2.45, 2.75) is 6.42 Å². The highest BCUT2D eigenvalue weighted by Crippen LogP contribution is 2.25. The highest BCUT2D eigenvalue weighted by Gasteiger charge is 2.34. The van der Waals surface area contributed by atoms with E-state index < -0.39 is 21.9 Å². The third-order valence-electron chi connectivity index (χ3n) is 2.51. The SMILES string of the molecule is O=C1CC(CS(=O)(=O)F)CN1c1cncc(Cl)n1. The first kappa shape index (κ1) is 13.2. The molecule has 0 radical (unpaired) electrons. The highest BCUT2D eigenvalue weighted by molar-refractivity contribution is 7.86. The summed E-state index contributed by atoms with van der Waals surface area (Å²) in [6, 6.07) is 0. The summed E-state index contributed by atoms with van der Waals surface area (Å²) < 4.78 is 33.6. The van der Waals surface area contributed by atoms with Gasteiger partial charge in [0.05, 0.1) is 18.1 Å². The Balaban J connectivity index is 2.15. The second-order valence-corrected chi connectivity index (χ2v) is 5.78. The predicted molar refractivity (Wildman–Crippen MR) is 62.4 cm³/mol. The van der Waals surface area contributed by atoms with E-state index in [2.05, 4.69) is 9.97 Å². The van der Waals surface area contributed by atoms with Crippen LogP contribution < -0.4 is 4.90 Å². The summed E-state index contributed by atoms with van der Waals surface area (Å²) in [4.78, 5) is 20.6. The van der Waals surface area contributed by atoms with Crippen molar-refractivity contribution in [1.82, 2.24) is 9.97 Å². The van der Waals surface area contributed by atoms with E-state index >= 15 is 0 Å². The van der Waals surface area contributed by atoms with Crippen LogP contribution in [-0.2, 0) is 15.0 Å². The minimum atomic E-state index is -4.59. The molecule has 0 spiro atoms. The molecule has 98 valence electrons. The summed E-state index contributed by atoms with van der Waals surface area (Å²) in [5, 5.41) is 0.127. The van der Waals surface area contributed by atoms with E-state index in [1.165, 1.54) is 17.3 Å². The molecule has 9 heteroatoms. The van der Waals surface area contributed by atoms with Crippen molar-refractivity contribution in [3.63, 3.8) is 0 Å². The van der Waals surface area contributed by atoms with Crippen LogP contribution in [0.2, 0.25) is 5.15 Å². The van der Waals surface area contributed by atoms with Crippen molar-refractivity contribution in [2.75, 3.05) is 17.2 Å². The van der Waals surface area contributed by atoms with Gasteiger partial charge < -0.3 is 0 Å². The quantitative estimate of drug-likeness (QED) is 0.770. The lowest BCUT2D eigenvalue weighted by Gasteiger charge is -2.14. The number of hydrogen-bond donors (Lipinski definition) is 0. The Labute approximate surface area is 108 Å². The molecule has 1 aromatic rings. The largest absolute Gasteiger partial charge is 0.302 e. The molecule has 1 unspecified atom stereocenters. The number of rotatable bonds is 3. The smallest absolute Gasteiger partial charge is 0.295 e. The van der Waals surface area contributed by atoms with E-state index in [1.54, 1.807) is 0 Å². The second-order valence-electron chi connectivity index (χ2n) is 3.98. The molecule has 6 nitrogen and oxygen atoms in total. The predicted octanol–water partition coefficient (Wildman–Crippen LogP) is 0.782. The van der Waals surface area contributed by atoms with Crippen molar-refractivity contribution in [3.05, 3.63) is 17.5 Å². The Kier molecular flexibility index (Phi) is 3.49. The van der Waals surface area contributed by atoms with Crippen LogP contribution in [0, 0.1) is 5.92 Å². The number of anilines is 1. The van der Waals surface area contributed by atoms with E-state index in [-0.39, 0.29) is 29.8 Å². The summed E-state index contributed by atoms with van der Waals surface area (Å²) in [6.45, 7) is 0.0943. The summed E-state index contributed by atoms with van der Waals surface area (Å²) in [5.41, 5.74) is 0. The first-order chi connectivity index (χ1) is 8.35. The average Bonchev–Trinajstić information content (AvgIpc) is 2.56. The number of carbonyl (C=O) groups is 1. The maximum atomic E-state index is 12.6. The summed E-state index contributed by atoms with van der Waals surface area (Å²) in [5.74, 6) is -1.32. The van der Waals surface area contributed by atoms with Gasteiger partial charge in [0, 0.05) is 18.9 Å². The molecule has 2 heterocycles. The number of nitrogens with zero attached hydrogens (tertiary/aromatic N) is 3. The molecule has 1 atom stereocenters. The minimum Gasteiger partial charge on any atom is -0.295 e. The fraction of sp³-hybridized carbons (Fsp3) is 0.444. The fourth-order valence-corrected chi connectivity index (χ4v) is 2.79. The molecule has 1 aromatic heterocycles. The summed E-state index contributed by atoms with van der Waals surface area (Å²) in [7, 11) is -4.59. The molecule has 1 aliphatic heterocycles. The molecule has 1 aliphatic rings. The Hall–Kier alpha value is -1.28. The lowest BCUT2D eigenvalue weighted by molar-refractivity contribution is -0.117. The molecule has 1 fully saturated rings. The van der Waals surface area contributed by atoms with Gasteiger partial charge in [-0.2, -0.15) is 8.42 Å². The van der Waals surface area contributed by atoms with Crippen molar-refractivity contribution < 1.29 is 17.1 Å². The molecule has 18 heavy (non-hydrogen) atoms. The van der Waals surface area contributed by atoms with Crippen molar-refractivity contribution in [3.8, 4) is 0 Å². The van der Waals surface area contributed by atoms with Gasteiger partial charge in [0.1, 0.15) is 5.15 Å². The maximum absolute atomic E-state index is 12.6. The monoisotopic (exact) mass is 293 g/mol. The van der Waals surface area contributed by atoms with Crippen LogP contribution in [-0.4, -0.2) is 36.6 Å². The number of aromatic nitrogens is 2. The number of halogens is 2. The maximum Gasteiger partial charge on any atom is 0.302 e. The number of hydrogen-bond acceptors (Lipinski definition) is 5. The molecule has 0 aromatic carbocycles. The van der Waals surface area contributed by atoms with E-state index in [0.29, 0.717) is 0 Å². The molecule has 0 bridgehead atoms. The van der Waals surface area contributed by atoms with Gasteiger partial charge in [0.15, 0.2) is 5.82 Å². The zero-order valence-electron chi connectivity index (χ0n) is 9.08. The Bertz CT molecular complexity index is 580. The second kappa shape index (κ2) is 4.77. The van der Waals surface area contributed by atoms with Crippen LogP contribution in [0.5, 0.6) is 0 Å². The average molecular weight is 294 g/mol. The zero-order chi connectivity index (χ0) is 13.3. The molecule has 0 aliphatic carbocycles. The van der Waals surface area contributed by atoms with E-state index in [0.717, 1.165) is 0 Å². The molecule has 0 saturated carbocycles. The van der Waals surface area contributed by atoms with Crippen molar-refractivity contribution in [2.24, 2.45) is 5.92 Å². The van der Waals surface area contributed by atoms with Crippen LogP contribution >= 0.6 is 11.6 Å². The van der Waals surface area contributed by atoms with Crippen LogP contribution in [0.3, 0.4) is 0 Å². The normalized spacial score (nSPS) is 20.4. The molecular formula is C9H9ClFN3O3S. The standard InChI is InChI=1S/C9H9ClFN3O3S/c10-7-2-12-3-8(13-7)14-4-6(1-9(14)15)5-18(11,16)17/h2-3,6H,1,4-5H2. The molecule has 2 rings (SSSR count). The Morgan fingerprint density at radius 3 is 2.83 bits per heavy atom. The van der Waals surface area contributed by atoms with Gasteiger partial charge in [0.25, 0.3) is 0 Å². The third kappa shape index (κ3) is 3.14. The lowest BCUT2D eigenvalue weighted by Crippen LogP contribution is -2.26. The van der Waals surface area contributed by atoms with Gasteiger partial charge in [0.2, 0.25) is 5.91 Å². The van der Waals surface area contributed by atoms with Crippen LogP contribution in [0.4, 0.5) is 9.70 Å². The van der Waals surface area contributed by atoms with Crippen molar-refractivity contribution in [1.29, 1.82) is 0 Å². The summed E-state index contributed by atoms with van der Waals surface area (Å²) >= 11 is 5.65. The first-order valence-corrected chi connectivity index (χ1v) is 6.98. The van der Waals surface area contributed by atoms with Gasteiger partial charge >= 0.3 is 10.2 Å². The van der Waals surface area contributed by atoms with Gasteiger partial charge in [-0.05, 0) is 0 Å². The highest BCUT2D eigenvalue weighted by atomic mass is 35.5. The zero-order valence-corrected chi connectivity index (χ0v) is 10.7. The van der Waals surface area contributed by atoms with Gasteiger partial charge in [-0.1, -0.05) is 11.6 Å². The van der Waals surface area contributed by atoms with Gasteiger partial charge in [-0.25, -0.2) is 4.98 Å².